The molecule has 0 aliphatic carbocycles. The van der Waals surface area contributed by atoms with Crippen LogP contribution in [0.2, 0.25) is 0 Å². The van der Waals surface area contributed by atoms with Gasteiger partial charge in [-0.3, -0.25) is 0 Å². The third kappa shape index (κ3) is 2.43. The Morgan fingerprint density at radius 3 is 2.92 bits per heavy atom. The fourth-order valence-electron chi connectivity index (χ4n) is 0.798. The minimum atomic E-state index is -0.492. The molecule has 0 aliphatic heterocycles. The van der Waals surface area contributed by atoms with Crippen LogP contribution < -0.4 is 4.74 Å². The number of carbonyl (C=O) groups is 1. The smallest absolute Gasteiger partial charge is 0.336 e. The summed E-state index contributed by atoms with van der Waals surface area (Å²) < 4.78 is 6.66. The molecule has 13 heavy (non-hydrogen) atoms. The number of rotatable bonds is 3. The average molecular weight is 180 g/mol. The van der Waals surface area contributed by atoms with Gasteiger partial charge in [0.15, 0.2) is 0 Å². The van der Waals surface area contributed by atoms with E-state index in [1.54, 1.807) is 12.5 Å². The first-order chi connectivity index (χ1) is 6.13. The first kappa shape index (κ1) is 9.51. The summed E-state index contributed by atoms with van der Waals surface area (Å²) in [6, 6.07) is 0.309. The van der Waals surface area contributed by atoms with Crippen LogP contribution in [0.3, 0.4) is 0 Å². The number of nitrogens with zero attached hydrogens (tertiary/aromatic N) is 2. The Hall–Kier alpha value is -1.58. The van der Waals surface area contributed by atoms with Gasteiger partial charge in [0, 0.05) is 12.1 Å². The second kappa shape index (κ2) is 3.89. The molecule has 0 fully saturated rings. The van der Waals surface area contributed by atoms with Gasteiger partial charge in [0.1, 0.15) is 0 Å². The predicted octanol–water partition coefficient (Wildman–Crippen LogP) is 1.56. The Morgan fingerprint density at radius 2 is 2.46 bits per heavy atom. The summed E-state index contributed by atoms with van der Waals surface area (Å²) >= 11 is 0. The molecule has 0 amide bonds. The van der Waals surface area contributed by atoms with Crippen molar-refractivity contribution in [2.45, 2.75) is 19.9 Å². The van der Waals surface area contributed by atoms with Crippen molar-refractivity contribution in [3.05, 3.63) is 25.2 Å². The fraction of sp³-hybridized carbons (Fsp3) is 0.333. The first-order valence-corrected chi connectivity index (χ1v) is 4.01. The molecule has 4 nitrogen and oxygen atoms in total. The monoisotopic (exact) mass is 180 g/mol. The molecule has 0 aliphatic rings. The Balaban J connectivity index is 2.69. The highest BCUT2D eigenvalue weighted by atomic mass is 16.5. The van der Waals surface area contributed by atoms with Crippen molar-refractivity contribution < 1.29 is 9.53 Å². The number of hydrogen-bond donors (Lipinski definition) is 0. The van der Waals surface area contributed by atoms with Gasteiger partial charge in [-0.2, -0.15) is 0 Å². The van der Waals surface area contributed by atoms with E-state index in [-0.39, 0.29) is 0 Å². The number of carbonyl (C=O) groups excluding carboxylic acids is 1. The Kier molecular flexibility index (Phi) is 2.84. The molecule has 70 valence electrons. The second-order valence-electron chi connectivity index (χ2n) is 2.88. The van der Waals surface area contributed by atoms with Crippen molar-refractivity contribution in [1.82, 2.24) is 9.55 Å². The highest BCUT2D eigenvalue weighted by Gasteiger charge is 2.04. The van der Waals surface area contributed by atoms with Crippen molar-refractivity contribution in [3.63, 3.8) is 0 Å². The van der Waals surface area contributed by atoms with E-state index < -0.39 is 5.97 Å². The van der Waals surface area contributed by atoms with E-state index in [1.165, 1.54) is 0 Å². The lowest BCUT2D eigenvalue weighted by atomic mass is 10.4. The molecule has 0 radical (unpaired) electrons. The van der Waals surface area contributed by atoms with Gasteiger partial charge in [-0.1, -0.05) is 6.58 Å². The normalized spacial score (nSPS) is 10.1. The van der Waals surface area contributed by atoms with Crippen LogP contribution in [0.5, 0.6) is 5.88 Å². The summed E-state index contributed by atoms with van der Waals surface area (Å²) in [5, 5.41) is 0. The molecule has 1 aromatic heterocycles. The number of imidazole rings is 1. The maximum Gasteiger partial charge on any atom is 0.336 e. The summed E-state index contributed by atoms with van der Waals surface area (Å²) in [6.45, 7) is 7.32. The number of ether oxygens (including phenoxy) is 1. The van der Waals surface area contributed by atoms with Crippen LogP contribution in [0.1, 0.15) is 19.9 Å². The van der Waals surface area contributed by atoms with Crippen molar-refractivity contribution in [2.75, 3.05) is 0 Å². The van der Waals surface area contributed by atoms with E-state index >= 15 is 0 Å². The van der Waals surface area contributed by atoms with E-state index in [2.05, 4.69) is 11.6 Å². The minimum absolute atomic E-state index is 0.304. The van der Waals surface area contributed by atoms with Crippen LogP contribution in [0.15, 0.2) is 25.2 Å². The summed E-state index contributed by atoms with van der Waals surface area (Å²) in [4.78, 5) is 14.7. The highest BCUT2D eigenvalue weighted by Crippen LogP contribution is 2.11. The molecule has 0 unspecified atom stereocenters. The van der Waals surface area contributed by atoms with Crippen molar-refractivity contribution >= 4 is 5.97 Å². The van der Waals surface area contributed by atoms with Gasteiger partial charge in [-0.05, 0) is 13.8 Å². The molecule has 0 spiro atoms. The first-order valence-electron chi connectivity index (χ1n) is 4.01. The maximum atomic E-state index is 10.8. The van der Waals surface area contributed by atoms with E-state index in [9.17, 15) is 4.79 Å². The Labute approximate surface area is 76.8 Å². The fourth-order valence-corrected chi connectivity index (χ4v) is 0.798. The third-order valence-corrected chi connectivity index (χ3v) is 1.55. The molecule has 4 heteroatoms. The van der Waals surface area contributed by atoms with E-state index in [0.29, 0.717) is 11.9 Å². The predicted molar refractivity (Wildman–Crippen MR) is 48.4 cm³/mol. The number of hydrogen-bond acceptors (Lipinski definition) is 3. The van der Waals surface area contributed by atoms with E-state index in [0.717, 1.165) is 6.08 Å². The van der Waals surface area contributed by atoms with Gasteiger partial charge in [-0.25, -0.2) is 9.78 Å². The minimum Gasteiger partial charge on any atom is -0.403 e. The standard InChI is InChI=1S/C9H12N2O2/c1-4-9(12)13-8-5-11(6-10-8)7(2)3/h4-7H,1H2,2-3H3. The molecule has 0 atom stereocenters. The zero-order chi connectivity index (χ0) is 9.84. The van der Waals surface area contributed by atoms with Crippen molar-refractivity contribution in [1.29, 1.82) is 0 Å². The largest absolute Gasteiger partial charge is 0.403 e. The lowest BCUT2D eigenvalue weighted by Gasteiger charge is -2.03. The summed E-state index contributed by atoms with van der Waals surface area (Å²) in [5.41, 5.74) is 0. The molecule has 0 bridgehead atoms. The summed E-state index contributed by atoms with van der Waals surface area (Å²) in [7, 11) is 0. The quantitative estimate of drug-likeness (QED) is 0.523. The zero-order valence-electron chi connectivity index (χ0n) is 7.73. The molecule has 0 aromatic carbocycles. The van der Waals surface area contributed by atoms with Crippen molar-refractivity contribution in [2.24, 2.45) is 0 Å². The van der Waals surface area contributed by atoms with Gasteiger partial charge in [0.25, 0.3) is 0 Å². The number of esters is 1. The van der Waals surface area contributed by atoms with Crippen LogP contribution in [-0.2, 0) is 4.79 Å². The zero-order valence-corrected chi connectivity index (χ0v) is 7.73. The van der Waals surface area contributed by atoms with Gasteiger partial charge in [-0.15, -0.1) is 0 Å². The average Bonchev–Trinajstić information content (AvgIpc) is 2.52. The van der Waals surface area contributed by atoms with Gasteiger partial charge < -0.3 is 9.30 Å². The summed E-state index contributed by atoms with van der Waals surface area (Å²) in [5.74, 6) is -0.187. The molecule has 1 heterocycles. The Bertz CT molecular complexity index is 315. The molecule has 0 N–H and O–H groups in total. The second-order valence-corrected chi connectivity index (χ2v) is 2.88. The topological polar surface area (TPSA) is 44.1 Å². The SMILES string of the molecule is C=CC(=O)Oc1cn(C(C)C)cn1. The lowest BCUT2D eigenvalue weighted by molar-refractivity contribution is -0.129. The van der Waals surface area contributed by atoms with E-state index in [4.69, 9.17) is 4.74 Å². The molecule has 1 aromatic rings. The van der Waals surface area contributed by atoms with Crippen LogP contribution >= 0.6 is 0 Å². The van der Waals surface area contributed by atoms with Crippen LogP contribution in [-0.4, -0.2) is 15.5 Å². The van der Waals surface area contributed by atoms with Gasteiger partial charge in [0.2, 0.25) is 5.88 Å². The summed E-state index contributed by atoms with van der Waals surface area (Å²) in [6.07, 6.45) is 4.40. The molecule has 0 saturated carbocycles. The Morgan fingerprint density at radius 1 is 1.77 bits per heavy atom. The number of aromatic nitrogens is 2. The van der Waals surface area contributed by atoms with Crippen LogP contribution in [0.25, 0.3) is 0 Å². The third-order valence-electron chi connectivity index (χ3n) is 1.55. The van der Waals surface area contributed by atoms with Crippen LogP contribution in [0.4, 0.5) is 0 Å². The van der Waals surface area contributed by atoms with E-state index in [1.807, 2.05) is 18.4 Å². The maximum absolute atomic E-state index is 10.8. The molecular formula is C9H12N2O2. The van der Waals surface area contributed by atoms with Crippen molar-refractivity contribution in [3.8, 4) is 5.88 Å². The van der Waals surface area contributed by atoms with Crippen LogP contribution in [0, 0.1) is 0 Å². The van der Waals surface area contributed by atoms with Gasteiger partial charge >= 0.3 is 5.97 Å². The molecule has 0 saturated heterocycles. The van der Waals surface area contributed by atoms with Gasteiger partial charge in [0.05, 0.1) is 12.5 Å². The highest BCUT2D eigenvalue weighted by molar-refractivity contribution is 5.82. The molecular weight excluding hydrogens is 168 g/mol. The lowest BCUT2D eigenvalue weighted by Crippen LogP contribution is -2.03. The molecule has 1 rings (SSSR count).